The van der Waals surface area contributed by atoms with E-state index in [9.17, 15) is 0 Å². The van der Waals surface area contributed by atoms with E-state index >= 15 is 0 Å². The highest BCUT2D eigenvalue weighted by Gasteiger charge is 2.09. The normalized spacial score (nSPS) is 10.8. The van der Waals surface area contributed by atoms with E-state index in [1.165, 1.54) is 0 Å². The molecule has 0 aromatic carbocycles. The number of H-pyrrole nitrogens is 1. The van der Waals surface area contributed by atoms with Crippen molar-refractivity contribution in [3.05, 3.63) is 37.6 Å². The van der Waals surface area contributed by atoms with Crippen molar-refractivity contribution in [2.24, 2.45) is 0 Å². The average Bonchev–Trinajstić information content (AvgIpc) is 2.97. The van der Waals surface area contributed by atoms with Gasteiger partial charge in [0.2, 0.25) is 0 Å². The number of aromatic amines is 1. The van der Waals surface area contributed by atoms with Gasteiger partial charge in [0.05, 0.1) is 11.9 Å². The summed E-state index contributed by atoms with van der Waals surface area (Å²) in [5, 5.41) is 7.69. The molecule has 3 aromatic heterocycles. The Morgan fingerprint density at radius 3 is 3.06 bits per heavy atom. The second kappa shape index (κ2) is 3.30. The van der Waals surface area contributed by atoms with Gasteiger partial charge in [0.15, 0.2) is 0 Å². The van der Waals surface area contributed by atoms with Gasteiger partial charge in [-0.1, -0.05) is 6.58 Å². The number of hydrogen-bond donors (Lipinski definition) is 1. The molecule has 0 amide bonds. The van der Waals surface area contributed by atoms with Gasteiger partial charge in [-0.2, -0.15) is 5.10 Å². The van der Waals surface area contributed by atoms with E-state index in [4.69, 9.17) is 0 Å². The van der Waals surface area contributed by atoms with Crippen molar-refractivity contribution in [3.63, 3.8) is 0 Å². The van der Waals surface area contributed by atoms with Crippen molar-refractivity contribution in [1.29, 1.82) is 0 Å². The van der Waals surface area contributed by atoms with Crippen molar-refractivity contribution in [2.45, 2.75) is 0 Å². The lowest BCUT2D eigenvalue weighted by Crippen LogP contribution is -1.89. The van der Waals surface area contributed by atoms with Gasteiger partial charge in [0.1, 0.15) is 12.0 Å². The Hall–Kier alpha value is -2.43. The number of fused-ring (bicyclic) bond motifs is 1. The highest BCUT2D eigenvalue weighted by Crippen LogP contribution is 2.24. The maximum absolute atomic E-state index is 4.28. The largest absolute Gasteiger partial charge is 0.309 e. The third kappa shape index (κ3) is 1.15. The van der Waals surface area contributed by atoms with Crippen LogP contribution in [0.1, 0.15) is 0 Å². The van der Waals surface area contributed by atoms with Crippen molar-refractivity contribution in [1.82, 2.24) is 24.7 Å². The SMILES string of the molecule is C=Cn1ccc2c(-c3cn[nH]c3)ncnc21. The Balaban J connectivity index is 2.34. The summed E-state index contributed by atoms with van der Waals surface area (Å²) in [5.41, 5.74) is 2.68. The van der Waals surface area contributed by atoms with Crippen molar-refractivity contribution in [2.75, 3.05) is 0 Å². The summed E-state index contributed by atoms with van der Waals surface area (Å²) in [6, 6.07) is 1.97. The number of aromatic nitrogens is 5. The molecule has 0 atom stereocenters. The minimum atomic E-state index is 0.848. The smallest absolute Gasteiger partial charge is 0.147 e. The number of nitrogens with zero attached hydrogens (tertiary/aromatic N) is 4. The molecule has 0 bridgehead atoms. The summed E-state index contributed by atoms with van der Waals surface area (Å²) in [7, 11) is 0. The third-order valence-electron chi connectivity index (χ3n) is 2.48. The highest BCUT2D eigenvalue weighted by atomic mass is 15.1. The Morgan fingerprint density at radius 1 is 1.38 bits per heavy atom. The average molecular weight is 211 g/mol. The lowest BCUT2D eigenvalue weighted by Gasteiger charge is -1.99. The molecule has 0 spiro atoms. The zero-order chi connectivity index (χ0) is 11.0. The summed E-state index contributed by atoms with van der Waals surface area (Å²) >= 11 is 0. The molecular formula is C11H9N5. The Bertz CT molecular complexity index is 636. The first-order chi connectivity index (χ1) is 7.90. The van der Waals surface area contributed by atoms with Crippen LogP contribution >= 0.6 is 0 Å². The molecule has 3 rings (SSSR count). The van der Waals surface area contributed by atoms with Crippen LogP contribution in [0.5, 0.6) is 0 Å². The van der Waals surface area contributed by atoms with Crippen LogP contribution in [-0.4, -0.2) is 24.7 Å². The van der Waals surface area contributed by atoms with E-state index < -0.39 is 0 Å². The van der Waals surface area contributed by atoms with Gasteiger partial charge in [-0.05, 0) is 6.07 Å². The van der Waals surface area contributed by atoms with Crippen LogP contribution in [0.25, 0.3) is 28.5 Å². The van der Waals surface area contributed by atoms with Crippen molar-refractivity contribution < 1.29 is 0 Å². The Labute approximate surface area is 91.5 Å². The number of nitrogens with one attached hydrogen (secondary N) is 1. The van der Waals surface area contributed by atoms with E-state index in [-0.39, 0.29) is 0 Å². The Morgan fingerprint density at radius 2 is 2.31 bits per heavy atom. The molecule has 1 N–H and O–H groups in total. The molecular weight excluding hydrogens is 202 g/mol. The molecule has 5 nitrogen and oxygen atoms in total. The van der Waals surface area contributed by atoms with Crippen LogP contribution in [0.2, 0.25) is 0 Å². The van der Waals surface area contributed by atoms with Crippen LogP contribution in [0.3, 0.4) is 0 Å². The van der Waals surface area contributed by atoms with E-state index in [2.05, 4.69) is 26.7 Å². The standard InChI is InChI=1S/C11H9N5/c1-2-16-4-3-9-10(8-5-14-15-6-8)12-7-13-11(9)16/h2-7H,1H2,(H,14,15). The minimum Gasteiger partial charge on any atom is -0.309 e. The van der Waals surface area contributed by atoms with E-state index in [0.29, 0.717) is 0 Å². The maximum atomic E-state index is 4.28. The van der Waals surface area contributed by atoms with Gasteiger partial charge in [-0.25, -0.2) is 9.97 Å². The van der Waals surface area contributed by atoms with Gasteiger partial charge in [0, 0.05) is 29.5 Å². The molecule has 0 fully saturated rings. The number of rotatable bonds is 2. The van der Waals surface area contributed by atoms with E-state index in [1.807, 2.05) is 23.0 Å². The molecule has 3 heterocycles. The summed E-state index contributed by atoms with van der Waals surface area (Å²) in [6.45, 7) is 3.73. The van der Waals surface area contributed by atoms with Crippen LogP contribution in [0.4, 0.5) is 0 Å². The van der Waals surface area contributed by atoms with Gasteiger partial charge < -0.3 is 4.57 Å². The van der Waals surface area contributed by atoms with E-state index in [1.54, 1.807) is 18.7 Å². The van der Waals surface area contributed by atoms with Gasteiger partial charge in [-0.3, -0.25) is 5.10 Å². The first kappa shape index (κ1) is 8.84. The second-order valence-electron chi connectivity index (χ2n) is 3.35. The van der Waals surface area contributed by atoms with E-state index in [0.717, 1.165) is 22.3 Å². The van der Waals surface area contributed by atoms with Crippen LogP contribution in [0, 0.1) is 0 Å². The molecule has 5 heteroatoms. The van der Waals surface area contributed by atoms with Crippen molar-refractivity contribution >= 4 is 17.2 Å². The van der Waals surface area contributed by atoms with Crippen LogP contribution in [-0.2, 0) is 0 Å². The zero-order valence-electron chi connectivity index (χ0n) is 8.46. The van der Waals surface area contributed by atoms with Crippen molar-refractivity contribution in [3.8, 4) is 11.3 Å². The van der Waals surface area contributed by atoms with Gasteiger partial charge in [0.25, 0.3) is 0 Å². The van der Waals surface area contributed by atoms with Crippen LogP contribution in [0.15, 0.2) is 37.6 Å². The predicted octanol–water partition coefficient (Wildman–Crippen LogP) is 1.92. The molecule has 16 heavy (non-hydrogen) atoms. The van der Waals surface area contributed by atoms with Gasteiger partial charge in [-0.15, -0.1) is 0 Å². The molecule has 3 aromatic rings. The summed E-state index contributed by atoms with van der Waals surface area (Å²) in [5.74, 6) is 0. The first-order valence-electron chi connectivity index (χ1n) is 4.83. The highest BCUT2D eigenvalue weighted by molar-refractivity contribution is 5.91. The molecule has 0 saturated heterocycles. The molecule has 0 aliphatic rings. The fourth-order valence-electron chi connectivity index (χ4n) is 1.73. The fourth-order valence-corrected chi connectivity index (χ4v) is 1.73. The maximum Gasteiger partial charge on any atom is 0.147 e. The summed E-state index contributed by atoms with van der Waals surface area (Å²) in [6.07, 6.45) is 8.73. The molecule has 0 radical (unpaired) electrons. The summed E-state index contributed by atoms with van der Waals surface area (Å²) in [4.78, 5) is 8.51. The molecule has 0 unspecified atom stereocenters. The van der Waals surface area contributed by atoms with Gasteiger partial charge >= 0.3 is 0 Å². The molecule has 0 aliphatic carbocycles. The predicted molar refractivity (Wildman–Crippen MR) is 61.5 cm³/mol. The molecule has 0 aliphatic heterocycles. The Kier molecular flexibility index (Phi) is 1.83. The lowest BCUT2D eigenvalue weighted by atomic mass is 10.2. The fraction of sp³-hybridized carbons (Fsp3) is 0. The summed E-state index contributed by atoms with van der Waals surface area (Å²) < 4.78 is 1.86. The minimum absolute atomic E-state index is 0.848. The quantitative estimate of drug-likeness (QED) is 0.704. The third-order valence-corrected chi connectivity index (χ3v) is 2.48. The topological polar surface area (TPSA) is 59.4 Å². The second-order valence-corrected chi connectivity index (χ2v) is 3.35. The van der Waals surface area contributed by atoms with Crippen LogP contribution < -0.4 is 0 Å². The molecule has 78 valence electrons. The zero-order valence-corrected chi connectivity index (χ0v) is 8.46. The first-order valence-corrected chi connectivity index (χ1v) is 4.83. The number of hydrogen-bond acceptors (Lipinski definition) is 3. The molecule has 0 saturated carbocycles. The monoisotopic (exact) mass is 211 g/mol. The lowest BCUT2D eigenvalue weighted by molar-refractivity contribution is 1.09.